The molecule has 1 unspecified atom stereocenters. The number of benzene rings is 1. The molecule has 0 aliphatic rings. The first-order valence-corrected chi connectivity index (χ1v) is 6.73. The van der Waals surface area contributed by atoms with Gasteiger partial charge in [0.1, 0.15) is 0 Å². The zero-order chi connectivity index (χ0) is 15.1. The van der Waals surface area contributed by atoms with Crippen molar-refractivity contribution in [3.8, 4) is 0 Å². The van der Waals surface area contributed by atoms with Gasteiger partial charge in [0.15, 0.2) is 0 Å². The number of aryl methyl sites for hydroxylation is 2. The fourth-order valence-electron chi connectivity index (χ4n) is 1.82. The molecule has 0 spiro atoms. The van der Waals surface area contributed by atoms with Crippen LogP contribution in [0.5, 0.6) is 0 Å². The molecule has 0 bridgehead atoms. The van der Waals surface area contributed by atoms with Gasteiger partial charge in [-0.2, -0.15) is 13.2 Å². The highest BCUT2D eigenvalue weighted by atomic mass is 19.4. The van der Waals surface area contributed by atoms with Crippen molar-refractivity contribution in [1.29, 1.82) is 0 Å². The van der Waals surface area contributed by atoms with Crippen molar-refractivity contribution in [2.45, 2.75) is 59.2 Å². The first-order valence-electron chi connectivity index (χ1n) is 6.73. The third-order valence-corrected chi connectivity index (χ3v) is 2.67. The van der Waals surface area contributed by atoms with Crippen LogP contribution in [0.15, 0.2) is 18.2 Å². The van der Waals surface area contributed by atoms with Crippen molar-refractivity contribution in [2.75, 3.05) is 0 Å². The molecular formula is C15H24F3N. The van der Waals surface area contributed by atoms with Gasteiger partial charge >= 0.3 is 6.18 Å². The van der Waals surface area contributed by atoms with Crippen LogP contribution in [0.4, 0.5) is 13.2 Å². The van der Waals surface area contributed by atoms with Gasteiger partial charge in [0, 0.05) is 6.04 Å². The average molecular weight is 275 g/mol. The summed E-state index contributed by atoms with van der Waals surface area (Å²) in [7, 11) is 0. The molecule has 0 amide bonds. The summed E-state index contributed by atoms with van der Waals surface area (Å²) < 4.78 is 38.2. The second kappa shape index (κ2) is 8.20. The highest BCUT2D eigenvalue weighted by Gasteiger charge is 2.32. The summed E-state index contributed by atoms with van der Waals surface area (Å²) in [4.78, 5) is 0. The molecule has 1 aromatic carbocycles. The van der Waals surface area contributed by atoms with Crippen molar-refractivity contribution in [1.82, 2.24) is 0 Å². The van der Waals surface area contributed by atoms with Gasteiger partial charge in [-0.1, -0.05) is 31.5 Å². The van der Waals surface area contributed by atoms with Crippen molar-refractivity contribution in [3.05, 3.63) is 34.9 Å². The second-order valence-corrected chi connectivity index (χ2v) is 4.53. The Morgan fingerprint density at radius 1 is 1.21 bits per heavy atom. The molecule has 0 saturated heterocycles. The maximum Gasteiger partial charge on any atom is 0.416 e. The van der Waals surface area contributed by atoms with Crippen LogP contribution in [-0.2, 0) is 12.6 Å². The van der Waals surface area contributed by atoms with E-state index >= 15 is 0 Å². The van der Waals surface area contributed by atoms with E-state index in [2.05, 4.69) is 0 Å². The number of alkyl halides is 3. The number of hydrogen-bond donors (Lipinski definition) is 1. The summed E-state index contributed by atoms with van der Waals surface area (Å²) in [5.74, 6) is 0. The molecule has 4 heteroatoms. The van der Waals surface area contributed by atoms with E-state index in [1.807, 2.05) is 20.8 Å². The first-order chi connectivity index (χ1) is 8.80. The monoisotopic (exact) mass is 275 g/mol. The quantitative estimate of drug-likeness (QED) is 0.846. The fourth-order valence-corrected chi connectivity index (χ4v) is 1.82. The van der Waals surface area contributed by atoms with Gasteiger partial charge in [-0.05, 0) is 44.7 Å². The van der Waals surface area contributed by atoms with E-state index in [0.717, 1.165) is 18.1 Å². The second-order valence-electron chi connectivity index (χ2n) is 4.53. The number of rotatable bonds is 4. The molecule has 1 rings (SSSR count). The van der Waals surface area contributed by atoms with Gasteiger partial charge in [0.2, 0.25) is 0 Å². The minimum Gasteiger partial charge on any atom is -0.328 e. The van der Waals surface area contributed by atoms with Gasteiger partial charge in [0.05, 0.1) is 5.56 Å². The lowest BCUT2D eigenvalue weighted by Crippen LogP contribution is -2.15. The Bertz CT molecular complexity index is 370. The number of nitrogens with two attached hydrogens (primary N) is 1. The predicted molar refractivity (Wildman–Crippen MR) is 74.1 cm³/mol. The largest absolute Gasteiger partial charge is 0.416 e. The normalized spacial score (nSPS) is 12.6. The molecule has 1 atom stereocenters. The zero-order valence-electron chi connectivity index (χ0n) is 12.1. The lowest BCUT2D eigenvalue weighted by Gasteiger charge is -2.14. The molecule has 0 fully saturated rings. The Morgan fingerprint density at radius 2 is 1.79 bits per heavy atom. The number of hydrogen-bond acceptors (Lipinski definition) is 1. The molecule has 0 saturated carbocycles. The molecular weight excluding hydrogens is 251 g/mol. The lowest BCUT2D eigenvalue weighted by atomic mass is 9.98. The van der Waals surface area contributed by atoms with Crippen LogP contribution in [0.3, 0.4) is 0 Å². The van der Waals surface area contributed by atoms with Gasteiger partial charge < -0.3 is 5.73 Å². The van der Waals surface area contributed by atoms with E-state index in [1.165, 1.54) is 6.07 Å². The third-order valence-electron chi connectivity index (χ3n) is 2.67. The van der Waals surface area contributed by atoms with Crippen LogP contribution in [0.1, 0.15) is 50.3 Å². The molecule has 0 radical (unpaired) electrons. The number of halogens is 3. The molecule has 0 heterocycles. The van der Waals surface area contributed by atoms with Crippen molar-refractivity contribution in [2.24, 2.45) is 5.73 Å². The van der Waals surface area contributed by atoms with Crippen LogP contribution >= 0.6 is 0 Å². The zero-order valence-corrected chi connectivity index (χ0v) is 12.1. The summed E-state index contributed by atoms with van der Waals surface area (Å²) in [5, 5.41) is 0. The fraction of sp³-hybridized carbons (Fsp3) is 0.600. The molecule has 0 aliphatic heterocycles. The first kappa shape index (κ1) is 18.0. The standard InChI is InChI=1S/C13H18F3N.C2H6/c1-9-6-7-12(13(14,15)16)11(8-9)5-3-4-10(2)17;1-2/h6-8,10H,3-5,17H2,1-2H3;1-2H3. The molecule has 1 nitrogen and oxygen atoms in total. The van der Waals surface area contributed by atoms with E-state index < -0.39 is 11.7 Å². The molecule has 19 heavy (non-hydrogen) atoms. The summed E-state index contributed by atoms with van der Waals surface area (Å²) in [6.45, 7) is 7.66. The highest BCUT2D eigenvalue weighted by Crippen LogP contribution is 2.33. The predicted octanol–water partition coefficient (Wildman–Crippen LogP) is 4.71. The minimum absolute atomic E-state index is 0.0362. The SMILES string of the molecule is CC.Cc1ccc(C(F)(F)F)c(CCCC(C)N)c1. The third kappa shape index (κ3) is 6.62. The maximum atomic E-state index is 12.7. The summed E-state index contributed by atoms with van der Waals surface area (Å²) >= 11 is 0. The Morgan fingerprint density at radius 3 is 2.26 bits per heavy atom. The Kier molecular flexibility index (Phi) is 7.76. The van der Waals surface area contributed by atoms with Gasteiger partial charge in [-0.3, -0.25) is 0 Å². The summed E-state index contributed by atoms with van der Waals surface area (Å²) in [5.41, 5.74) is 6.30. The molecule has 2 N–H and O–H groups in total. The van der Waals surface area contributed by atoms with Gasteiger partial charge in [-0.25, -0.2) is 0 Å². The summed E-state index contributed by atoms with van der Waals surface area (Å²) in [6.07, 6.45) is -2.41. The molecule has 1 aromatic rings. The van der Waals surface area contributed by atoms with E-state index in [9.17, 15) is 13.2 Å². The van der Waals surface area contributed by atoms with Gasteiger partial charge in [0.25, 0.3) is 0 Å². The van der Waals surface area contributed by atoms with E-state index in [0.29, 0.717) is 18.4 Å². The van der Waals surface area contributed by atoms with Crippen molar-refractivity contribution in [3.63, 3.8) is 0 Å². The Balaban J connectivity index is 0.00000154. The molecule has 0 aromatic heterocycles. The molecule has 0 aliphatic carbocycles. The molecule has 110 valence electrons. The van der Waals surface area contributed by atoms with Crippen molar-refractivity contribution >= 4 is 0 Å². The van der Waals surface area contributed by atoms with E-state index in [4.69, 9.17) is 5.73 Å². The van der Waals surface area contributed by atoms with Gasteiger partial charge in [-0.15, -0.1) is 0 Å². The maximum absolute atomic E-state index is 12.7. The smallest absolute Gasteiger partial charge is 0.328 e. The van der Waals surface area contributed by atoms with Crippen LogP contribution in [0.2, 0.25) is 0 Å². The lowest BCUT2D eigenvalue weighted by molar-refractivity contribution is -0.138. The van der Waals surface area contributed by atoms with Crippen molar-refractivity contribution < 1.29 is 13.2 Å². The average Bonchev–Trinajstić information content (AvgIpc) is 2.29. The van der Waals surface area contributed by atoms with Crippen LogP contribution in [-0.4, -0.2) is 6.04 Å². The summed E-state index contributed by atoms with van der Waals surface area (Å²) in [6, 6.07) is 4.31. The Hall–Kier alpha value is -1.03. The van der Waals surface area contributed by atoms with Crippen LogP contribution < -0.4 is 5.73 Å². The van der Waals surface area contributed by atoms with E-state index in [1.54, 1.807) is 13.0 Å². The topological polar surface area (TPSA) is 26.0 Å². The van der Waals surface area contributed by atoms with Crippen LogP contribution in [0.25, 0.3) is 0 Å². The van der Waals surface area contributed by atoms with Crippen LogP contribution in [0, 0.1) is 6.92 Å². The minimum atomic E-state index is -4.27. The van der Waals surface area contributed by atoms with E-state index in [-0.39, 0.29) is 6.04 Å². The highest BCUT2D eigenvalue weighted by molar-refractivity contribution is 5.33. The Labute approximate surface area is 114 Å².